The average molecular weight is 234 g/mol. The molecular weight excluding hydrogens is 216 g/mol. The molecule has 0 spiro atoms. The molecule has 1 amide bonds. The fourth-order valence-electron chi connectivity index (χ4n) is 2.03. The van der Waals surface area contributed by atoms with Gasteiger partial charge in [0.1, 0.15) is 0 Å². The van der Waals surface area contributed by atoms with Gasteiger partial charge in [-0.2, -0.15) is 0 Å². The molecule has 0 aliphatic carbocycles. The highest BCUT2D eigenvalue weighted by Crippen LogP contribution is 2.22. The molecule has 0 N–H and O–H groups in total. The Morgan fingerprint density at radius 3 is 2.71 bits per heavy atom. The van der Waals surface area contributed by atoms with E-state index < -0.39 is 0 Å². The highest BCUT2D eigenvalue weighted by atomic mass is 16.7. The van der Waals surface area contributed by atoms with E-state index in [1.807, 2.05) is 18.2 Å². The molecule has 1 atom stereocenters. The van der Waals surface area contributed by atoms with E-state index in [0.29, 0.717) is 0 Å². The predicted molar refractivity (Wildman–Crippen MR) is 65.0 cm³/mol. The van der Waals surface area contributed by atoms with Crippen molar-refractivity contribution < 1.29 is 9.63 Å². The molecule has 1 fully saturated rings. The van der Waals surface area contributed by atoms with Gasteiger partial charge in [0.05, 0.1) is 13.2 Å². The lowest BCUT2D eigenvalue weighted by molar-refractivity contribution is -0.179. The number of hydroxylamine groups is 2. The van der Waals surface area contributed by atoms with Crippen molar-refractivity contribution in [2.24, 2.45) is 0 Å². The summed E-state index contributed by atoms with van der Waals surface area (Å²) in [6, 6.07) is 10.2. The Balaban J connectivity index is 1.93. The van der Waals surface area contributed by atoms with E-state index in [1.165, 1.54) is 17.7 Å². The van der Waals surface area contributed by atoms with Gasteiger partial charge in [0, 0.05) is 20.1 Å². The summed E-state index contributed by atoms with van der Waals surface area (Å²) in [5.74, 6) is 0.0367. The molecule has 1 heterocycles. The summed E-state index contributed by atoms with van der Waals surface area (Å²) in [6.07, 6.45) is 0.916. The molecule has 4 heteroatoms. The van der Waals surface area contributed by atoms with Crippen LogP contribution in [-0.2, 0) is 16.2 Å². The number of amides is 1. The topological polar surface area (TPSA) is 32.8 Å². The first kappa shape index (κ1) is 12.1. The zero-order chi connectivity index (χ0) is 12.3. The minimum absolute atomic E-state index is 0.0276. The van der Waals surface area contributed by atoms with Crippen LogP contribution >= 0.6 is 0 Å². The van der Waals surface area contributed by atoms with Crippen LogP contribution in [0.5, 0.6) is 0 Å². The van der Waals surface area contributed by atoms with Gasteiger partial charge < -0.3 is 0 Å². The molecule has 0 bridgehead atoms. The van der Waals surface area contributed by atoms with E-state index in [9.17, 15) is 4.79 Å². The van der Waals surface area contributed by atoms with Crippen LogP contribution in [-0.4, -0.2) is 42.6 Å². The first-order valence-corrected chi connectivity index (χ1v) is 5.82. The van der Waals surface area contributed by atoms with Crippen LogP contribution in [0.15, 0.2) is 30.3 Å². The fourth-order valence-corrected chi connectivity index (χ4v) is 2.03. The zero-order valence-corrected chi connectivity index (χ0v) is 10.3. The number of carbonyl (C=O) groups excluding carboxylic acids is 1. The highest BCUT2D eigenvalue weighted by Gasteiger charge is 2.35. The Bertz CT molecular complexity index is 380. The fraction of sp³-hybridized carbons (Fsp3) is 0.462. The quantitative estimate of drug-likeness (QED) is 0.736. The summed E-state index contributed by atoms with van der Waals surface area (Å²) >= 11 is 0. The maximum atomic E-state index is 11.9. The summed E-state index contributed by atoms with van der Waals surface area (Å²) < 4.78 is 0. The maximum Gasteiger partial charge on any atom is 0.263 e. The minimum atomic E-state index is -0.0276. The molecule has 4 nitrogen and oxygen atoms in total. The molecule has 1 saturated heterocycles. The molecule has 0 saturated carbocycles. The summed E-state index contributed by atoms with van der Waals surface area (Å²) in [6.45, 7) is 1.80. The summed E-state index contributed by atoms with van der Waals surface area (Å²) in [4.78, 5) is 19.0. The predicted octanol–water partition coefficient (Wildman–Crippen LogP) is 1.28. The van der Waals surface area contributed by atoms with Crippen LogP contribution in [0.4, 0.5) is 0 Å². The lowest BCUT2D eigenvalue weighted by atomic mass is 10.0. The molecule has 1 aliphatic heterocycles. The molecule has 0 radical (unpaired) electrons. The Morgan fingerprint density at radius 2 is 2.18 bits per heavy atom. The van der Waals surface area contributed by atoms with Gasteiger partial charge in [-0.1, -0.05) is 30.3 Å². The first-order chi connectivity index (χ1) is 8.22. The number of rotatable bonds is 4. The third kappa shape index (κ3) is 2.65. The van der Waals surface area contributed by atoms with E-state index in [1.54, 1.807) is 7.05 Å². The summed E-state index contributed by atoms with van der Waals surface area (Å²) in [5, 5.41) is 1.31. The number of likely N-dealkylation sites (tertiary alicyclic amines) is 1. The van der Waals surface area contributed by atoms with Gasteiger partial charge in [0.25, 0.3) is 5.91 Å². The van der Waals surface area contributed by atoms with E-state index >= 15 is 0 Å². The van der Waals surface area contributed by atoms with E-state index in [2.05, 4.69) is 17.0 Å². The van der Waals surface area contributed by atoms with Gasteiger partial charge in [-0.25, -0.2) is 5.06 Å². The summed E-state index contributed by atoms with van der Waals surface area (Å²) in [7, 11) is 3.17. The number of benzene rings is 1. The second-order valence-electron chi connectivity index (χ2n) is 4.28. The van der Waals surface area contributed by atoms with Crippen LogP contribution < -0.4 is 0 Å². The van der Waals surface area contributed by atoms with Crippen molar-refractivity contribution in [2.75, 3.05) is 20.7 Å². The van der Waals surface area contributed by atoms with Gasteiger partial charge in [0.2, 0.25) is 0 Å². The number of carbonyl (C=O) groups is 1. The van der Waals surface area contributed by atoms with Crippen LogP contribution in [0.2, 0.25) is 0 Å². The van der Waals surface area contributed by atoms with Crippen LogP contribution in [0.3, 0.4) is 0 Å². The normalized spacial score (nSPS) is 19.8. The van der Waals surface area contributed by atoms with Crippen molar-refractivity contribution >= 4 is 5.91 Å². The number of nitrogens with zero attached hydrogens (tertiary/aromatic N) is 2. The van der Waals surface area contributed by atoms with Gasteiger partial charge in [-0.15, -0.1) is 0 Å². The summed E-state index contributed by atoms with van der Waals surface area (Å²) in [5.41, 5.74) is 1.24. The molecule has 1 unspecified atom stereocenters. The van der Waals surface area contributed by atoms with Gasteiger partial charge in [-0.05, 0) is 12.0 Å². The maximum absolute atomic E-state index is 11.9. The molecule has 0 aromatic heterocycles. The molecule has 1 aromatic carbocycles. The molecule has 17 heavy (non-hydrogen) atoms. The Labute approximate surface area is 102 Å². The number of hydrogen-bond acceptors (Lipinski definition) is 3. The largest absolute Gasteiger partial charge is 0.287 e. The molecule has 2 rings (SSSR count). The second-order valence-corrected chi connectivity index (χ2v) is 4.28. The third-order valence-electron chi connectivity index (χ3n) is 3.23. The monoisotopic (exact) mass is 234 g/mol. The average Bonchev–Trinajstić information content (AvgIpc) is 2.35. The smallest absolute Gasteiger partial charge is 0.263 e. The molecule has 1 aliphatic rings. The van der Waals surface area contributed by atoms with Gasteiger partial charge >= 0.3 is 0 Å². The lowest BCUT2D eigenvalue weighted by Gasteiger charge is -2.40. The van der Waals surface area contributed by atoms with Crippen molar-refractivity contribution in [1.29, 1.82) is 0 Å². The lowest BCUT2D eigenvalue weighted by Crippen LogP contribution is -2.55. The van der Waals surface area contributed by atoms with Crippen LogP contribution in [0, 0.1) is 0 Å². The second kappa shape index (κ2) is 5.29. The Hall–Kier alpha value is -1.39. The Kier molecular flexibility index (Phi) is 3.76. The van der Waals surface area contributed by atoms with Crippen molar-refractivity contribution in [3.8, 4) is 0 Å². The number of likely N-dealkylation sites (N-methyl/N-ethyl adjacent to an activating group) is 1. The van der Waals surface area contributed by atoms with Crippen LogP contribution in [0.25, 0.3) is 0 Å². The minimum Gasteiger partial charge on any atom is -0.287 e. The van der Waals surface area contributed by atoms with Crippen molar-refractivity contribution in [3.63, 3.8) is 0 Å². The molecule has 1 aromatic rings. The number of hydrogen-bond donors (Lipinski definition) is 0. The third-order valence-corrected chi connectivity index (χ3v) is 3.23. The van der Waals surface area contributed by atoms with E-state index in [4.69, 9.17) is 4.84 Å². The van der Waals surface area contributed by atoms with E-state index in [0.717, 1.165) is 19.5 Å². The molecule has 92 valence electrons. The highest BCUT2D eigenvalue weighted by molar-refractivity contribution is 5.81. The van der Waals surface area contributed by atoms with Crippen molar-refractivity contribution in [2.45, 2.75) is 19.0 Å². The van der Waals surface area contributed by atoms with Gasteiger partial charge in [-0.3, -0.25) is 14.5 Å². The van der Waals surface area contributed by atoms with E-state index in [-0.39, 0.29) is 11.9 Å². The van der Waals surface area contributed by atoms with Crippen molar-refractivity contribution in [1.82, 2.24) is 9.96 Å². The SMILES string of the molecule is CON(C)C(=O)C1CCN1Cc1ccccc1. The Morgan fingerprint density at radius 1 is 1.47 bits per heavy atom. The first-order valence-electron chi connectivity index (χ1n) is 5.82. The zero-order valence-electron chi connectivity index (χ0n) is 10.3. The van der Waals surface area contributed by atoms with Crippen molar-refractivity contribution in [3.05, 3.63) is 35.9 Å². The standard InChI is InChI=1S/C13H18N2O2/c1-14(17-2)13(16)12-8-9-15(12)10-11-6-4-3-5-7-11/h3-7,12H,8-10H2,1-2H3. The molecular formula is C13H18N2O2. The van der Waals surface area contributed by atoms with Crippen LogP contribution in [0.1, 0.15) is 12.0 Å². The van der Waals surface area contributed by atoms with Gasteiger partial charge in [0.15, 0.2) is 0 Å².